The molecule has 0 fully saturated rings. The number of hydrogen-bond donors (Lipinski definition) is 9. The number of aliphatic hydroxyl groups excluding tert-OH is 3. The van der Waals surface area contributed by atoms with E-state index in [1.165, 1.54) is 0 Å². The van der Waals surface area contributed by atoms with Gasteiger partial charge in [0.2, 0.25) is 23.6 Å². The molecule has 14 heteroatoms. The summed E-state index contributed by atoms with van der Waals surface area (Å²) in [6, 6.07) is -6.30. The van der Waals surface area contributed by atoms with E-state index in [0.717, 1.165) is 6.92 Å². The Morgan fingerprint density at radius 2 is 1.43 bits per heavy atom. The van der Waals surface area contributed by atoms with Gasteiger partial charge in [0.1, 0.15) is 24.2 Å². The highest BCUT2D eigenvalue weighted by Crippen LogP contribution is 1.98. The Bertz CT molecular complexity index is 598. The first-order chi connectivity index (χ1) is 12.9. The molecule has 0 aromatic heterocycles. The van der Waals surface area contributed by atoms with Gasteiger partial charge in [0.25, 0.3) is 0 Å². The Kier molecular flexibility index (Phi) is 10.6. The van der Waals surface area contributed by atoms with E-state index in [-0.39, 0.29) is 0 Å². The van der Waals surface area contributed by atoms with E-state index in [1.54, 1.807) is 0 Å². The van der Waals surface area contributed by atoms with Crippen LogP contribution in [0.3, 0.4) is 0 Å². The summed E-state index contributed by atoms with van der Waals surface area (Å²) in [5, 5.41) is 42.7. The highest BCUT2D eigenvalue weighted by atomic mass is 16.4. The fraction of sp³-hybridized carbons (Fsp3) is 0.643. The van der Waals surface area contributed by atoms with Gasteiger partial charge in [0.05, 0.1) is 25.7 Å². The van der Waals surface area contributed by atoms with Crippen LogP contribution in [0.15, 0.2) is 0 Å². The molecule has 0 saturated heterocycles. The van der Waals surface area contributed by atoms with Crippen LogP contribution in [0.1, 0.15) is 13.3 Å². The van der Waals surface area contributed by atoms with Gasteiger partial charge in [0, 0.05) is 0 Å². The molecule has 0 aliphatic carbocycles. The molecule has 0 radical (unpaired) electrons. The number of aliphatic hydroxyl groups is 3. The number of carboxylic acid groups (broad SMARTS) is 1. The van der Waals surface area contributed by atoms with Crippen LogP contribution in [0.5, 0.6) is 0 Å². The summed E-state index contributed by atoms with van der Waals surface area (Å²) in [4.78, 5) is 57.9. The third-order valence-corrected chi connectivity index (χ3v) is 3.43. The Morgan fingerprint density at radius 1 is 0.893 bits per heavy atom. The molecule has 0 aliphatic heterocycles. The largest absolute Gasteiger partial charge is 0.480 e. The number of carboxylic acids is 1. The number of nitrogens with one attached hydrogen (secondary N) is 3. The van der Waals surface area contributed by atoms with Crippen molar-refractivity contribution in [1.29, 1.82) is 0 Å². The van der Waals surface area contributed by atoms with Gasteiger partial charge >= 0.3 is 5.97 Å². The van der Waals surface area contributed by atoms with Crippen molar-refractivity contribution in [3.8, 4) is 0 Å². The molecule has 0 aliphatic rings. The average molecular weight is 407 g/mol. The topological polar surface area (TPSA) is 254 Å². The van der Waals surface area contributed by atoms with E-state index in [2.05, 4.69) is 5.32 Å². The summed E-state index contributed by atoms with van der Waals surface area (Å²) >= 11 is 0. The van der Waals surface area contributed by atoms with Crippen molar-refractivity contribution in [3.05, 3.63) is 0 Å². The number of aliphatic carboxylic acids is 1. The van der Waals surface area contributed by atoms with Crippen molar-refractivity contribution < 1.29 is 44.4 Å². The van der Waals surface area contributed by atoms with Gasteiger partial charge in [-0.25, -0.2) is 4.79 Å². The summed E-state index contributed by atoms with van der Waals surface area (Å²) in [6.45, 7) is -0.536. The first kappa shape index (κ1) is 25.2. The molecule has 14 nitrogen and oxygen atoms in total. The van der Waals surface area contributed by atoms with Crippen LogP contribution in [-0.2, 0) is 24.0 Å². The quantitative estimate of drug-likeness (QED) is 0.148. The molecule has 4 amide bonds. The highest BCUT2D eigenvalue weighted by molar-refractivity contribution is 5.95. The zero-order valence-corrected chi connectivity index (χ0v) is 15.0. The minimum Gasteiger partial charge on any atom is -0.480 e. The first-order valence-corrected chi connectivity index (χ1v) is 8.02. The molecule has 160 valence electrons. The molecule has 11 N–H and O–H groups in total. The van der Waals surface area contributed by atoms with Crippen LogP contribution < -0.4 is 27.4 Å². The summed E-state index contributed by atoms with van der Waals surface area (Å²) < 4.78 is 0. The molecule has 0 bridgehead atoms. The molecule has 5 atom stereocenters. The number of hydrogen-bond acceptors (Lipinski definition) is 9. The maximum atomic E-state index is 12.2. The van der Waals surface area contributed by atoms with Gasteiger partial charge in [0.15, 0.2) is 0 Å². The molecule has 0 aromatic rings. The Morgan fingerprint density at radius 3 is 1.82 bits per heavy atom. The molecule has 0 heterocycles. The molecule has 5 unspecified atom stereocenters. The van der Waals surface area contributed by atoms with Crippen molar-refractivity contribution in [3.63, 3.8) is 0 Å². The van der Waals surface area contributed by atoms with E-state index in [9.17, 15) is 34.2 Å². The summed E-state index contributed by atoms with van der Waals surface area (Å²) in [5.41, 5.74) is 10.2. The van der Waals surface area contributed by atoms with Crippen LogP contribution in [0.4, 0.5) is 0 Å². The van der Waals surface area contributed by atoms with Crippen molar-refractivity contribution in [2.45, 2.75) is 43.6 Å². The molecule has 0 spiro atoms. The number of carbonyl (C=O) groups is 5. The lowest BCUT2D eigenvalue weighted by Crippen LogP contribution is -2.60. The minimum atomic E-state index is -1.69. The van der Waals surface area contributed by atoms with Gasteiger partial charge in [-0.2, -0.15) is 0 Å². The van der Waals surface area contributed by atoms with Gasteiger partial charge in [-0.1, -0.05) is 0 Å². The summed E-state index contributed by atoms with van der Waals surface area (Å²) in [6.07, 6.45) is -2.17. The second-order valence-electron chi connectivity index (χ2n) is 5.83. The fourth-order valence-electron chi connectivity index (χ4n) is 1.88. The van der Waals surface area contributed by atoms with Crippen LogP contribution in [0.2, 0.25) is 0 Å². The normalized spacial score (nSPS) is 16.0. The van der Waals surface area contributed by atoms with E-state index >= 15 is 0 Å². The number of primary amides is 1. The van der Waals surface area contributed by atoms with Crippen molar-refractivity contribution >= 4 is 29.6 Å². The fourth-order valence-corrected chi connectivity index (χ4v) is 1.88. The monoisotopic (exact) mass is 407 g/mol. The zero-order valence-electron chi connectivity index (χ0n) is 15.0. The molecular weight excluding hydrogens is 382 g/mol. The molecule has 0 saturated carbocycles. The van der Waals surface area contributed by atoms with Gasteiger partial charge < -0.3 is 47.8 Å². The maximum absolute atomic E-state index is 12.2. The van der Waals surface area contributed by atoms with Crippen LogP contribution in [-0.4, -0.2) is 93.5 Å². The first-order valence-electron chi connectivity index (χ1n) is 8.02. The second kappa shape index (κ2) is 11.8. The standard InChI is InChI=1S/C14H25N5O9/c1-5(22)10(19-11(24)6(15)3-20)13(26)18-8(4-21)12(25)17-7(14(27)28)2-9(16)23/h5-8,10,20-22H,2-4,15H2,1H3,(H2,16,23)(H,17,25)(H,18,26)(H,19,24)(H,27,28). The van der Waals surface area contributed by atoms with E-state index < -0.39 is 79.5 Å². The molecule has 28 heavy (non-hydrogen) atoms. The summed E-state index contributed by atoms with van der Waals surface area (Å²) in [7, 11) is 0. The zero-order chi connectivity index (χ0) is 22.0. The third kappa shape index (κ3) is 8.26. The Hall–Kier alpha value is -2.81. The lowest BCUT2D eigenvalue weighted by molar-refractivity contribution is -0.144. The minimum absolute atomic E-state index is 0.724. The SMILES string of the molecule is CC(O)C(NC(=O)C(N)CO)C(=O)NC(CO)C(=O)NC(CC(N)=O)C(=O)O. The predicted octanol–water partition coefficient (Wildman–Crippen LogP) is -5.91. The van der Waals surface area contributed by atoms with E-state index in [1.807, 2.05) is 10.6 Å². The predicted molar refractivity (Wildman–Crippen MR) is 91.1 cm³/mol. The molecular formula is C14H25N5O9. The average Bonchev–Trinajstić information content (AvgIpc) is 2.61. The van der Waals surface area contributed by atoms with Crippen LogP contribution in [0, 0.1) is 0 Å². The lowest BCUT2D eigenvalue weighted by atomic mass is 10.1. The third-order valence-electron chi connectivity index (χ3n) is 3.43. The second-order valence-corrected chi connectivity index (χ2v) is 5.83. The van der Waals surface area contributed by atoms with Crippen LogP contribution in [0.25, 0.3) is 0 Å². The van der Waals surface area contributed by atoms with Crippen molar-refractivity contribution in [2.75, 3.05) is 13.2 Å². The van der Waals surface area contributed by atoms with Crippen molar-refractivity contribution in [1.82, 2.24) is 16.0 Å². The number of carbonyl (C=O) groups excluding carboxylic acids is 4. The van der Waals surface area contributed by atoms with Crippen LogP contribution >= 0.6 is 0 Å². The van der Waals surface area contributed by atoms with E-state index in [4.69, 9.17) is 21.7 Å². The smallest absolute Gasteiger partial charge is 0.326 e. The van der Waals surface area contributed by atoms with Gasteiger partial charge in [-0.3, -0.25) is 19.2 Å². The number of rotatable bonds is 12. The lowest BCUT2D eigenvalue weighted by Gasteiger charge is -2.25. The van der Waals surface area contributed by atoms with Gasteiger partial charge in [-0.05, 0) is 6.92 Å². The van der Waals surface area contributed by atoms with Crippen molar-refractivity contribution in [2.24, 2.45) is 11.5 Å². The number of amides is 4. The molecule has 0 rings (SSSR count). The summed E-state index contributed by atoms with van der Waals surface area (Å²) in [5.74, 6) is -5.77. The highest BCUT2D eigenvalue weighted by Gasteiger charge is 2.32. The van der Waals surface area contributed by atoms with E-state index in [0.29, 0.717) is 0 Å². The Labute approximate surface area is 159 Å². The van der Waals surface area contributed by atoms with Gasteiger partial charge in [-0.15, -0.1) is 0 Å². The Balaban J connectivity index is 5.15. The molecule has 0 aromatic carbocycles. The number of nitrogens with two attached hydrogens (primary N) is 2. The maximum Gasteiger partial charge on any atom is 0.326 e.